The molecule has 3 aliphatic rings. The molecule has 1 aliphatic carbocycles. The molecule has 8 rings (SSSR count). The van der Waals surface area contributed by atoms with E-state index in [-0.39, 0.29) is 52.6 Å². The molecule has 3 fully saturated rings. The average molecular weight is 975 g/mol. The number of halogens is 1. The number of carbonyl (C=O) groups excluding carboxylic acids is 3. The molecular weight excluding hydrogens is 917 g/mol. The lowest BCUT2D eigenvalue weighted by atomic mass is 9.90. The number of sulfonamides is 2. The second-order valence-corrected chi connectivity index (χ2v) is 23.3. The molecule has 4 aromatic carbocycles. The monoisotopic (exact) mass is 973 g/mol. The highest BCUT2D eigenvalue weighted by Crippen LogP contribution is 2.34. The van der Waals surface area contributed by atoms with Gasteiger partial charge in [0.05, 0.1) is 22.0 Å². The molecule has 13 nitrogen and oxygen atoms in total. The van der Waals surface area contributed by atoms with Gasteiger partial charge in [-0.2, -0.15) is 8.61 Å². The lowest BCUT2D eigenvalue weighted by Gasteiger charge is -2.30. The van der Waals surface area contributed by atoms with Gasteiger partial charge in [0, 0.05) is 60.2 Å². The second-order valence-electron chi connectivity index (χ2n) is 17.6. The number of fused-ring (bicyclic) bond motifs is 1. The second kappa shape index (κ2) is 21.7. The molecule has 0 bridgehead atoms. The molecule has 0 spiro atoms. The fourth-order valence-electron chi connectivity index (χ4n) is 9.21. The van der Waals surface area contributed by atoms with Gasteiger partial charge >= 0.3 is 0 Å². The molecule has 2 atom stereocenters. The summed E-state index contributed by atoms with van der Waals surface area (Å²) in [6.45, 7) is 2.72. The summed E-state index contributed by atoms with van der Waals surface area (Å²) in [5.74, 6) is -0.996. The largest absolute Gasteiger partial charge is 0.464 e. The van der Waals surface area contributed by atoms with Gasteiger partial charge in [0.1, 0.15) is 5.58 Å². The minimum atomic E-state index is -4.05. The van der Waals surface area contributed by atoms with Crippen molar-refractivity contribution in [2.45, 2.75) is 99.0 Å². The Morgan fingerprint density at radius 1 is 0.788 bits per heavy atom. The smallest absolute Gasteiger partial charge is 0.251 e. The van der Waals surface area contributed by atoms with E-state index < -0.39 is 26.0 Å². The molecule has 2 saturated heterocycles. The predicted octanol–water partition coefficient (Wildman–Crippen LogP) is 7.44. The van der Waals surface area contributed by atoms with Gasteiger partial charge in [-0.15, -0.1) is 0 Å². The Morgan fingerprint density at radius 3 is 2.15 bits per heavy atom. The molecule has 2 unspecified atom stereocenters. The minimum absolute atomic E-state index is 0.0231. The standard InChI is InChI=1S/C49H57ClN5O8PS2/c50-38-13-9-35(10-14-38)32-55(39-5-1-2-6-39)66(61,62)42-18-16-41(17-19-42)65(59,60)54(31-36-23-26-51-27-24-36)30-34-7-11-37(12-8-34)48(57)52-25-3-4-28-64-40-15-21-46-44(29-40)45(33-63-46)43-20-22-47(56)53-49(43)58/h7-19,21,29,33,36,39,43,51,64H,1-6,20,22-28,30-32H2,(H,52,57)(H,53,56,58). The molecule has 1 saturated carbocycles. The van der Waals surface area contributed by atoms with Gasteiger partial charge in [-0.1, -0.05) is 63.4 Å². The summed E-state index contributed by atoms with van der Waals surface area (Å²) in [6, 6.07) is 25.7. The molecular formula is C49H57ClN5O8PS2. The first-order valence-electron chi connectivity index (χ1n) is 22.9. The Morgan fingerprint density at radius 2 is 1.45 bits per heavy atom. The zero-order chi connectivity index (χ0) is 46.3. The van der Waals surface area contributed by atoms with Crippen LogP contribution < -0.4 is 21.3 Å². The minimum Gasteiger partial charge on any atom is -0.464 e. The molecule has 2 aliphatic heterocycles. The van der Waals surface area contributed by atoms with E-state index in [9.17, 15) is 31.2 Å². The van der Waals surface area contributed by atoms with Crippen LogP contribution in [0, 0.1) is 5.92 Å². The Bertz CT molecular complexity index is 2720. The molecule has 1 aromatic heterocycles. The van der Waals surface area contributed by atoms with Crippen molar-refractivity contribution in [2.75, 3.05) is 32.3 Å². The van der Waals surface area contributed by atoms with Crippen molar-refractivity contribution in [3.8, 4) is 0 Å². The summed E-state index contributed by atoms with van der Waals surface area (Å²) in [4.78, 5) is 37.4. The maximum atomic E-state index is 14.4. The first-order valence-corrected chi connectivity index (χ1v) is 27.3. The third kappa shape index (κ3) is 11.6. The van der Waals surface area contributed by atoms with Crippen molar-refractivity contribution in [3.63, 3.8) is 0 Å². The van der Waals surface area contributed by atoms with Gasteiger partial charge in [0.25, 0.3) is 5.91 Å². The highest BCUT2D eigenvalue weighted by molar-refractivity contribution is 7.89. The van der Waals surface area contributed by atoms with Crippen LogP contribution in [0.3, 0.4) is 0 Å². The Balaban J connectivity index is 0.865. The number of amides is 3. The van der Waals surface area contributed by atoms with Crippen molar-refractivity contribution in [2.24, 2.45) is 5.92 Å². The zero-order valence-electron chi connectivity index (χ0n) is 36.8. The van der Waals surface area contributed by atoms with Crippen molar-refractivity contribution in [3.05, 3.63) is 125 Å². The summed E-state index contributed by atoms with van der Waals surface area (Å²) in [6.07, 6.45) is 10.1. The maximum Gasteiger partial charge on any atom is 0.251 e. The molecule has 17 heteroatoms. The maximum absolute atomic E-state index is 14.4. The fourth-order valence-corrected chi connectivity index (χ4v) is 13.7. The number of benzene rings is 4. The third-order valence-electron chi connectivity index (χ3n) is 13.0. The number of imide groups is 1. The Hall–Kier alpha value is -4.47. The lowest BCUT2D eigenvalue weighted by Crippen LogP contribution is -2.39. The normalized spacial score (nSPS) is 18.0. The number of nitrogens with zero attached hydrogens (tertiary/aromatic N) is 2. The van der Waals surface area contributed by atoms with Crippen LogP contribution in [-0.2, 0) is 42.7 Å². The van der Waals surface area contributed by atoms with Crippen molar-refractivity contribution in [1.82, 2.24) is 24.6 Å². The molecule has 350 valence electrons. The fraction of sp³-hybridized carbons (Fsp3) is 0.408. The first kappa shape index (κ1) is 48.0. The van der Waals surface area contributed by atoms with Crippen LogP contribution in [0.5, 0.6) is 0 Å². The van der Waals surface area contributed by atoms with E-state index in [1.807, 2.05) is 24.3 Å². The lowest BCUT2D eigenvalue weighted by molar-refractivity contribution is -0.134. The molecule has 5 aromatic rings. The van der Waals surface area contributed by atoms with Crippen LogP contribution in [0.25, 0.3) is 11.0 Å². The topological polar surface area (TPSA) is 175 Å². The summed E-state index contributed by atoms with van der Waals surface area (Å²) in [5, 5.41) is 11.4. The summed E-state index contributed by atoms with van der Waals surface area (Å²) >= 11 is 6.11. The number of furan rings is 1. The van der Waals surface area contributed by atoms with Gasteiger partial charge in [-0.05, 0) is 147 Å². The highest BCUT2D eigenvalue weighted by Gasteiger charge is 2.35. The number of nitrogens with one attached hydrogen (secondary N) is 3. The number of unbranched alkanes of at least 4 members (excludes halogenated alkanes) is 1. The number of carbonyl (C=O) groups is 3. The van der Waals surface area contributed by atoms with E-state index in [0.717, 1.165) is 98.0 Å². The summed E-state index contributed by atoms with van der Waals surface area (Å²) in [7, 11) is -7.46. The number of hydrogen-bond acceptors (Lipinski definition) is 9. The molecule has 66 heavy (non-hydrogen) atoms. The van der Waals surface area contributed by atoms with E-state index in [2.05, 4.69) is 22.0 Å². The van der Waals surface area contributed by atoms with Crippen LogP contribution in [0.1, 0.15) is 97.2 Å². The van der Waals surface area contributed by atoms with E-state index >= 15 is 0 Å². The predicted molar refractivity (Wildman–Crippen MR) is 258 cm³/mol. The van der Waals surface area contributed by atoms with Gasteiger partial charge in [0.2, 0.25) is 31.9 Å². The van der Waals surface area contributed by atoms with Crippen LogP contribution in [0.2, 0.25) is 5.02 Å². The SMILES string of the molecule is O=C1CCC(c2coc3ccc(PCCCCNC(=O)c4ccc(CN(CC5CCNCC5)S(=O)(=O)c5ccc(S(=O)(=O)N(Cc6ccc(Cl)cc6)C6CCCC6)cc5)cc4)cc23)C(=O)N1. The molecule has 0 radical (unpaired) electrons. The van der Waals surface area contributed by atoms with Crippen molar-refractivity contribution >= 4 is 74.2 Å². The molecule has 3 heterocycles. The summed E-state index contributed by atoms with van der Waals surface area (Å²) in [5.41, 5.74) is 3.56. The van der Waals surface area contributed by atoms with E-state index in [1.54, 1.807) is 47.0 Å². The average Bonchev–Trinajstić information content (AvgIpc) is 4.01. The van der Waals surface area contributed by atoms with Crippen LogP contribution in [0.4, 0.5) is 0 Å². The Kier molecular flexibility index (Phi) is 15.7. The van der Waals surface area contributed by atoms with Crippen molar-refractivity contribution in [1.29, 1.82) is 0 Å². The number of piperidine rings is 2. The van der Waals surface area contributed by atoms with E-state index in [4.69, 9.17) is 16.0 Å². The van der Waals surface area contributed by atoms with E-state index in [1.165, 1.54) is 28.6 Å². The third-order valence-corrected chi connectivity index (χ3v) is 18.3. The summed E-state index contributed by atoms with van der Waals surface area (Å²) < 4.78 is 66.0. The number of hydrogen-bond donors (Lipinski definition) is 3. The van der Waals surface area contributed by atoms with Crippen molar-refractivity contribution < 1.29 is 35.6 Å². The first-order chi connectivity index (χ1) is 31.8. The van der Waals surface area contributed by atoms with Crippen LogP contribution in [0.15, 0.2) is 111 Å². The quantitative estimate of drug-likeness (QED) is 0.0432. The van der Waals surface area contributed by atoms with Crippen LogP contribution in [-0.4, -0.2) is 81.6 Å². The zero-order valence-corrected chi connectivity index (χ0v) is 40.2. The van der Waals surface area contributed by atoms with Gasteiger partial charge in [-0.3, -0.25) is 19.7 Å². The highest BCUT2D eigenvalue weighted by atomic mass is 35.5. The molecule has 3 amide bonds. The van der Waals surface area contributed by atoms with E-state index in [0.29, 0.717) is 50.7 Å². The van der Waals surface area contributed by atoms with Gasteiger partial charge in [-0.25, -0.2) is 16.8 Å². The molecule has 3 N–H and O–H groups in total. The Labute approximate surface area is 394 Å². The number of rotatable bonds is 19. The van der Waals surface area contributed by atoms with Gasteiger partial charge < -0.3 is 15.1 Å². The van der Waals surface area contributed by atoms with Gasteiger partial charge in [0.15, 0.2) is 0 Å². The van der Waals surface area contributed by atoms with Crippen LogP contribution >= 0.6 is 20.2 Å².